The van der Waals surface area contributed by atoms with Gasteiger partial charge in [-0.25, -0.2) is 0 Å². The zero-order valence-electron chi connectivity index (χ0n) is 14.7. The maximum absolute atomic E-state index is 4.74. The van der Waals surface area contributed by atoms with Crippen molar-refractivity contribution in [3.63, 3.8) is 0 Å². The molecule has 1 aliphatic rings. The van der Waals surface area contributed by atoms with E-state index in [0.29, 0.717) is 0 Å². The third-order valence-corrected chi connectivity index (χ3v) is 6.76. The molecule has 0 atom stereocenters. The number of benzene rings is 2. The van der Waals surface area contributed by atoms with Gasteiger partial charge in [-0.05, 0) is 68.4 Å². The molecule has 0 radical (unpaired) electrons. The monoisotopic (exact) mass is 343 g/mol. The highest BCUT2D eigenvalue weighted by Crippen LogP contribution is 2.42. The highest BCUT2D eigenvalue weighted by molar-refractivity contribution is 7.26. The summed E-state index contributed by atoms with van der Waals surface area (Å²) in [4.78, 5) is 4.74. The Morgan fingerprint density at radius 2 is 1.76 bits per heavy atom. The first-order valence-electron chi connectivity index (χ1n) is 9.12. The number of rotatable bonds is 1. The number of thiophene rings is 1. The highest BCUT2D eigenvalue weighted by atomic mass is 32.1. The predicted molar refractivity (Wildman–Crippen MR) is 109 cm³/mol. The summed E-state index contributed by atoms with van der Waals surface area (Å²) in [6.45, 7) is 4.45. The van der Waals surface area contributed by atoms with Crippen LogP contribution in [0.4, 0.5) is 0 Å². The molecule has 0 N–H and O–H groups in total. The van der Waals surface area contributed by atoms with Crippen molar-refractivity contribution in [2.45, 2.75) is 39.5 Å². The summed E-state index contributed by atoms with van der Waals surface area (Å²) in [6.07, 6.45) is 7.12. The third kappa shape index (κ3) is 2.31. The van der Waals surface area contributed by atoms with Gasteiger partial charge in [-0.1, -0.05) is 29.8 Å². The molecule has 0 unspecified atom stereocenters. The lowest BCUT2D eigenvalue weighted by Gasteiger charge is -2.18. The number of fused-ring (bicyclic) bond motifs is 4. The van der Waals surface area contributed by atoms with Crippen LogP contribution in [0.5, 0.6) is 0 Å². The lowest BCUT2D eigenvalue weighted by Crippen LogP contribution is -2.04. The van der Waals surface area contributed by atoms with Gasteiger partial charge in [0, 0.05) is 27.2 Å². The van der Waals surface area contributed by atoms with Gasteiger partial charge < -0.3 is 0 Å². The molecule has 0 aliphatic heterocycles. The fourth-order valence-electron chi connectivity index (χ4n) is 4.27. The summed E-state index contributed by atoms with van der Waals surface area (Å²) in [5.74, 6) is 0. The van der Waals surface area contributed by atoms with Gasteiger partial charge in [0.2, 0.25) is 0 Å². The largest absolute Gasteiger partial charge is 0.255 e. The van der Waals surface area contributed by atoms with Gasteiger partial charge in [0.1, 0.15) is 0 Å². The van der Waals surface area contributed by atoms with E-state index in [0.717, 1.165) is 5.69 Å². The molecule has 25 heavy (non-hydrogen) atoms. The van der Waals surface area contributed by atoms with Crippen LogP contribution in [-0.4, -0.2) is 4.98 Å². The topological polar surface area (TPSA) is 12.9 Å². The minimum absolute atomic E-state index is 1.12. The second-order valence-corrected chi connectivity index (χ2v) is 8.28. The van der Waals surface area contributed by atoms with Crippen LogP contribution in [-0.2, 0) is 12.8 Å². The molecule has 0 spiro atoms. The molecule has 0 bridgehead atoms. The Hall–Kier alpha value is -2.19. The van der Waals surface area contributed by atoms with Crippen molar-refractivity contribution in [2.75, 3.05) is 0 Å². The SMILES string of the molecule is Cc1ccc(-c2nccc3c2sc2cc4c(c(C)c23)CCCC4)cc1. The molecule has 1 aliphatic carbocycles. The van der Waals surface area contributed by atoms with Gasteiger partial charge in [-0.3, -0.25) is 4.98 Å². The standard InChI is InChI=1S/C23H21NS/c1-14-7-9-16(10-8-14)22-23-19(11-12-24-22)21-15(2)18-6-4-3-5-17(18)13-20(21)25-23/h7-13H,3-6H2,1-2H3. The molecular weight excluding hydrogens is 322 g/mol. The summed E-state index contributed by atoms with van der Waals surface area (Å²) in [7, 11) is 0. The number of pyridine rings is 1. The normalized spacial score (nSPS) is 14.2. The van der Waals surface area contributed by atoms with E-state index >= 15 is 0 Å². The fourth-order valence-corrected chi connectivity index (χ4v) is 5.61. The van der Waals surface area contributed by atoms with Gasteiger partial charge >= 0.3 is 0 Å². The third-order valence-electron chi connectivity index (χ3n) is 5.60. The molecule has 124 valence electrons. The van der Waals surface area contributed by atoms with Crippen LogP contribution in [0.1, 0.15) is 35.1 Å². The average Bonchev–Trinajstić information content (AvgIpc) is 3.01. The van der Waals surface area contributed by atoms with E-state index in [4.69, 9.17) is 4.98 Å². The van der Waals surface area contributed by atoms with Crippen LogP contribution in [0, 0.1) is 13.8 Å². The molecule has 2 aromatic carbocycles. The Bertz CT molecular complexity index is 1100. The molecule has 2 aromatic heterocycles. The van der Waals surface area contributed by atoms with Gasteiger partial charge in [0.25, 0.3) is 0 Å². The maximum atomic E-state index is 4.74. The summed E-state index contributed by atoms with van der Waals surface area (Å²) in [5, 5.41) is 2.83. The van der Waals surface area contributed by atoms with Crippen molar-refractivity contribution in [3.05, 3.63) is 64.8 Å². The second kappa shape index (κ2) is 5.67. The van der Waals surface area contributed by atoms with E-state index in [1.807, 2.05) is 17.5 Å². The Morgan fingerprint density at radius 3 is 2.60 bits per heavy atom. The van der Waals surface area contributed by atoms with E-state index in [2.05, 4.69) is 50.2 Å². The number of nitrogens with zero attached hydrogens (tertiary/aromatic N) is 1. The molecule has 2 heterocycles. The number of hydrogen-bond donors (Lipinski definition) is 0. The van der Waals surface area contributed by atoms with Crippen LogP contribution in [0.15, 0.2) is 42.6 Å². The number of aryl methyl sites for hydroxylation is 3. The highest BCUT2D eigenvalue weighted by Gasteiger charge is 2.19. The van der Waals surface area contributed by atoms with Crippen LogP contribution in [0.3, 0.4) is 0 Å². The molecule has 5 rings (SSSR count). The minimum Gasteiger partial charge on any atom is -0.255 e. The Balaban J connectivity index is 1.83. The number of hydrogen-bond acceptors (Lipinski definition) is 2. The fraction of sp³-hybridized carbons (Fsp3) is 0.261. The Labute approximate surface area is 152 Å². The zero-order chi connectivity index (χ0) is 17.0. The van der Waals surface area contributed by atoms with Gasteiger partial charge in [-0.15, -0.1) is 11.3 Å². The van der Waals surface area contributed by atoms with Crippen molar-refractivity contribution < 1.29 is 0 Å². The summed E-state index contributed by atoms with van der Waals surface area (Å²) >= 11 is 1.91. The van der Waals surface area contributed by atoms with E-state index in [1.54, 1.807) is 11.1 Å². The van der Waals surface area contributed by atoms with Crippen LogP contribution in [0.25, 0.3) is 31.4 Å². The maximum Gasteiger partial charge on any atom is 0.0880 e. The first-order chi connectivity index (χ1) is 12.2. The van der Waals surface area contributed by atoms with Crippen LogP contribution >= 0.6 is 11.3 Å². The van der Waals surface area contributed by atoms with Crippen LogP contribution in [0.2, 0.25) is 0 Å². The molecule has 2 heteroatoms. The van der Waals surface area contributed by atoms with Gasteiger partial charge in [0.15, 0.2) is 0 Å². The molecule has 4 aromatic rings. The molecule has 1 nitrogen and oxygen atoms in total. The van der Waals surface area contributed by atoms with E-state index in [1.165, 1.54) is 62.5 Å². The van der Waals surface area contributed by atoms with E-state index < -0.39 is 0 Å². The Morgan fingerprint density at radius 1 is 0.960 bits per heavy atom. The second-order valence-electron chi connectivity index (χ2n) is 7.22. The summed E-state index contributed by atoms with van der Waals surface area (Å²) in [5.41, 5.74) is 8.30. The quantitative estimate of drug-likeness (QED) is 0.379. The predicted octanol–water partition coefficient (Wildman–Crippen LogP) is 6.61. The molecule has 0 fully saturated rings. The Kier molecular flexibility index (Phi) is 3.42. The van der Waals surface area contributed by atoms with Gasteiger partial charge in [-0.2, -0.15) is 0 Å². The number of aromatic nitrogens is 1. The smallest absolute Gasteiger partial charge is 0.0880 e. The average molecular weight is 343 g/mol. The molecule has 0 amide bonds. The first kappa shape index (κ1) is 15.1. The van der Waals surface area contributed by atoms with Gasteiger partial charge in [0.05, 0.1) is 10.4 Å². The first-order valence-corrected chi connectivity index (χ1v) is 9.93. The van der Waals surface area contributed by atoms with Crippen molar-refractivity contribution in [1.82, 2.24) is 4.98 Å². The van der Waals surface area contributed by atoms with Crippen molar-refractivity contribution >= 4 is 31.5 Å². The van der Waals surface area contributed by atoms with E-state index in [9.17, 15) is 0 Å². The van der Waals surface area contributed by atoms with Crippen molar-refractivity contribution in [2.24, 2.45) is 0 Å². The molecular formula is C23H21NS. The van der Waals surface area contributed by atoms with E-state index in [-0.39, 0.29) is 0 Å². The lowest BCUT2D eigenvalue weighted by molar-refractivity contribution is 0.684. The van der Waals surface area contributed by atoms with Crippen molar-refractivity contribution in [1.29, 1.82) is 0 Å². The molecule has 0 saturated carbocycles. The minimum atomic E-state index is 1.12. The lowest BCUT2D eigenvalue weighted by atomic mass is 9.87. The summed E-state index contributed by atoms with van der Waals surface area (Å²) in [6, 6.07) is 13.4. The summed E-state index contributed by atoms with van der Waals surface area (Å²) < 4.78 is 2.75. The van der Waals surface area contributed by atoms with Crippen LogP contribution < -0.4 is 0 Å². The van der Waals surface area contributed by atoms with Crippen molar-refractivity contribution in [3.8, 4) is 11.3 Å². The molecule has 0 saturated heterocycles. The zero-order valence-corrected chi connectivity index (χ0v) is 15.5.